The van der Waals surface area contributed by atoms with E-state index in [9.17, 15) is 0 Å². The predicted octanol–water partition coefficient (Wildman–Crippen LogP) is 8.11. The van der Waals surface area contributed by atoms with Crippen molar-refractivity contribution in [2.75, 3.05) is 11.5 Å². The molecule has 1 rings (SSSR count). The van der Waals surface area contributed by atoms with Gasteiger partial charge < -0.3 is 0 Å². The van der Waals surface area contributed by atoms with Gasteiger partial charge >= 0.3 is 0 Å². The lowest BCUT2D eigenvalue weighted by atomic mass is 9.92. The molecule has 0 aliphatic heterocycles. The van der Waals surface area contributed by atoms with Crippen LogP contribution in [-0.4, -0.2) is 11.5 Å². The molecule has 0 saturated heterocycles. The van der Waals surface area contributed by atoms with E-state index in [1.54, 1.807) is 0 Å². The zero-order chi connectivity index (χ0) is 17.3. The van der Waals surface area contributed by atoms with Crippen molar-refractivity contribution in [3.05, 3.63) is 0 Å². The molecule has 0 bridgehead atoms. The van der Waals surface area contributed by atoms with Crippen LogP contribution in [0.25, 0.3) is 0 Å². The molecule has 2 atom stereocenters. The second kappa shape index (κ2) is 17.1. The fourth-order valence-corrected chi connectivity index (χ4v) is 5.00. The standard InChI is InChI=1S/C22H44S2/c23-19-18-21-14-10-6-3-1-2-4-7-12-16-22(20-24)17-13-9-5-8-11-15-21/h21-24H,1-20H2. The van der Waals surface area contributed by atoms with Crippen molar-refractivity contribution < 1.29 is 0 Å². The van der Waals surface area contributed by atoms with E-state index >= 15 is 0 Å². The second-order valence-corrected chi connectivity index (χ2v) is 8.99. The summed E-state index contributed by atoms with van der Waals surface area (Å²) in [6.45, 7) is 0. The van der Waals surface area contributed by atoms with E-state index in [4.69, 9.17) is 0 Å². The molecule has 24 heavy (non-hydrogen) atoms. The molecule has 0 N–H and O–H groups in total. The van der Waals surface area contributed by atoms with E-state index in [1.165, 1.54) is 116 Å². The Morgan fingerprint density at radius 2 is 0.792 bits per heavy atom. The van der Waals surface area contributed by atoms with Crippen LogP contribution in [0.2, 0.25) is 0 Å². The smallest absolute Gasteiger partial charge is 0.00695 e. The van der Waals surface area contributed by atoms with Crippen molar-refractivity contribution in [3.63, 3.8) is 0 Å². The normalized spacial score (nSPS) is 27.8. The van der Waals surface area contributed by atoms with Crippen LogP contribution in [0.15, 0.2) is 0 Å². The second-order valence-electron chi connectivity index (χ2n) is 8.18. The molecule has 0 nitrogen and oxygen atoms in total. The first kappa shape index (κ1) is 22.7. The maximum Gasteiger partial charge on any atom is -0.00695 e. The molecule has 0 aromatic heterocycles. The van der Waals surface area contributed by atoms with Gasteiger partial charge in [-0.05, 0) is 42.6 Å². The molecule has 0 aromatic carbocycles. The van der Waals surface area contributed by atoms with E-state index in [0.29, 0.717) is 0 Å². The van der Waals surface area contributed by atoms with Crippen LogP contribution < -0.4 is 0 Å². The lowest BCUT2D eigenvalue weighted by Crippen LogP contribution is -2.03. The van der Waals surface area contributed by atoms with Gasteiger partial charge in [0.1, 0.15) is 0 Å². The van der Waals surface area contributed by atoms with Gasteiger partial charge in [-0.15, -0.1) is 0 Å². The third-order valence-corrected chi connectivity index (χ3v) is 6.77. The van der Waals surface area contributed by atoms with E-state index in [-0.39, 0.29) is 0 Å². The van der Waals surface area contributed by atoms with Crippen molar-refractivity contribution in [2.24, 2.45) is 11.8 Å². The maximum atomic E-state index is 4.59. The highest BCUT2D eigenvalue weighted by Crippen LogP contribution is 2.24. The van der Waals surface area contributed by atoms with Crippen molar-refractivity contribution in [1.29, 1.82) is 0 Å². The Hall–Kier alpha value is 0.700. The molecule has 0 spiro atoms. The molecule has 0 amide bonds. The Balaban J connectivity index is 2.28. The van der Waals surface area contributed by atoms with E-state index in [0.717, 1.165) is 23.3 Å². The zero-order valence-corrected chi connectivity index (χ0v) is 18.0. The zero-order valence-electron chi connectivity index (χ0n) is 16.2. The summed E-state index contributed by atoms with van der Waals surface area (Å²) in [5.74, 6) is 4.02. The van der Waals surface area contributed by atoms with Gasteiger partial charge in [-0.3, -0.25) is 0 Å². The van der Waals surface area contributed by atoms with E-state index in [2.05, 4.69) is 25.3 Å². The van der Waals surface area contributed by atoms with Crippen LogP contribution in [0, 0.1) is 11.8 Å². The Morgan fingerprint density at radius 1 is 0.458 bits per heavy atom. The molecule has 1 aliphatic rings. The van der Waals surface area contributed by atoms with Gasteiger partial charge in [0.05, 0.1) is 0 Å². The maximum absolute atomic E-state index is 4.59. The first-order chi connectivity index (χ1) is 11.9. The van der Waals surface area contributed by atoms with Gasteiger partial charge in [0.25, 0.3) is 0 Å². The highest BCUT2D eigenvalue weighted by molar-refractivity contribution is 7.80. The Kier molecular flexibility index (Phi) is 16.2. The van der Waals surface area contributed by atoms with Crippen molar-refractivity contribution >= 4 is 25.3 Å². The van der Waals surface area contributed by atoms with Gasteiger partial charge in [-0.25, -0.2) is 0 Å². The molecule has 1 fully saturated rings. The third-order valence-electron chi connectivity index (χ3n) is 6.00. The van der Waals surface area contributed by atoms with Gasteiger partial charge in [0.15, 0.2) is 0 Å². The summed E-state index contributed by atoms with van der Waals surface area (Å²) in [6, 6.07) is 0. The van der Waals surface area contributed by atoms with Crippen LogP contribution in [0.4, 0.5) is 0 Å². The van der Waals surface area contributed by atoms with Crippen LogP contribution in [-0.2, 0) is 0 Å². The number of hydrogen-bond acceptors (Lipinski definition) is 2. The molecule has 144 valence electrons. The van der Waals surface area contributed by atoms with E-state index < -0.39 is 0 Å². The fourth-order valence-electron chi connectivity index (χ4n) is 4.27. The summed E-state index contributed by atoms with van der Waals surface area (Å²) in [5, 5.41) is 0. The van der Waals surface area contributed by atoms with Crippen LogP contribution in [0.1, 0.15) is 116 Å². The number of thiol groups is 2. The van der Waals surface area contributed by atoms with Crippen molar-refractivity contribution in [3.8, 4) is 0 Å². The Morgan fingerprint density at radius 3 is 1.12 bits per heavy atom. The van der Waals surface area contributed by atoms with E-state index in [1.807, 2.05) is 0 Å². The van der Waals surface area contributed by atoms with Gasteiger partial charge in [0, 0.05) is 0 Å². The molecular weight excluding hydrogens is 328 g/mol. The molecule has 0 heterocycles. The highest BCUT2D eigenvalue weighted by Gasteiger charge is 2.09. The van der Waals surface area contributed by atoms with Gasteiger partial charge in [-0.1, -0.05) is 96.3 Å². The number of hydrogen-bond donors (Lipinski definition) is 2. The summed E-state index contributed by atoms with van der Waals surface area (Å²) < 4.78 is 0. The monoisotopic (exact) mass is 372 g/mol. The predicted molar refractivity (Wildman–Crippen MR) is 118 cm³/mol. The molecule has 0 radical (unpaired) electrons. The minimum absolute atomic E-state index is 0.884. The fraction of sp³-hybridized carbons (Fsp3) is 1.00. The minimum atomic E-state index is 0.884. The molecule has 1 saturated carbocycles. The molecule has 2 unspecified atom stereocenters. The van der Waals surface area contributed by atoms with Crippen LogP contribution in [0.5, 0.6) is 0 Å². The summed E-state index contributed by atoms with van der Waals surface area (Å²) in [4.78, 5) is 0. The number of rotatable bonds is 3. The summed E-state index contributed by atoms with van der Waals surface area (Å²) in [5.41, 5.74) is 0. The minimum Gasteiger partial charge on any atom is -0.179 e. The molecule has 1 aliphatic carbocycles. The summed E-state index contributed by atoms with van der Waals surface area (Å²) in [7, 11) is 0. The SMILES string of the molecule is SCCC1CCCCCCCCCCC(CS)CCCCCCC1. The Bertz CT molecular complexity index is 254. The average molecular weight is 373 g/mol. The largest absolute Gasteiger partial charge is 0.179 e. The molecule has 2 heteroatoms. The lowest BCUT2D eigenvalue weighted by Gasteiger charge is -2.16. The van der Waals surface area contributed by atoms with Crippen LogP contribution in [0.3, 0.4) is 0 Å². The van der Waals surface area contributed by atoms with Crippen molar-refractivity contribution in [1.82, 2.24) is 0 Å². The third kappa shape index (κ3) is 13.0. The highest BCUT2D eigenvalue weighted by atomic mass is 32.1. The topological polar surface area (TPSA) is 0 Å². The van der Waals surface area contributed by atoms with Crippen molar-refractivity contribution in [2.45, 2.75) is 116 Å². The Labute approximate surface area is 164 Å². The summed E-state index contributed by atoms with van der Waals surface area (Å²) in [6.07, 6.45) is 26.0. The lowest BCUT2D eigenvalue weighted by molar-refractivity contribution is 0.394. The quantitative estimate of drug-likeness (QED) is 0.459. The van der Waals surface area contributed by atoms with Crippen LogP contribution >= 0.6 is 25.3 Å². The molecular formula is C22H44S2. The average Bonchev–Trinajstić information content (AvgIpc) is 2.59. The first-order valence-corrected chi connectivity index (χ1v) is 12.3. The van der Waals surface area contributed by atoms with Gasteiger partial charge in [-0.2, -0.15) is 25.3 Å². The van der Waals surface area contributed by atoms with Gasteiger partial charge in [0.2, 0.25) is 0 Å². The summed E-state index contributed by atoms with van der Waals surface area (Å²) >= 11 is 9.07. The molecule has 0 aromatic rings. The first-order valence-electron chi connectivity index (χ1n) is 11.1.